The summed E-state index contributed by atoms with van der Waals surface area (Å²) in [4.78, 5) is 14.5. The molecule has 6 heteroatoms. The number of ether oxygens (including phenoxy) is 1. The van der Waals surface area contributed by atoms with Crippen LogP contribution in [-0.4, -0.2) is 51.4 Å². The zero-order valence-corrected chi connectivity index (χ0v) is 11.5. The average Bonchev–Trinajstić information content (AvgIpc) is 2.76. The van der Waals surface area contributed by atoms with Gasteiger partial charge in [-0.25, -0.2) is 0 Å². The maximum atomic E-state index is 12.7. The topological polar surface area (TPSA) is 59.7 Å². The zero-order valence-electron chi connectivity index (χ0n) is 11.5. The van der Waals surface area contributed by atoms with Crippen molar-refractivity contribution in [1.82, 2.24) is 19.7 Å². The molecule has 20 heavy (non-hydrogen) atoms. The van der Waals surface area contributed by atoms with Gasteiger partial charge in [-0.1, -0.05) is 6.92 Å². The second kappa shape index (κ2) is 5.58. The third-order valence-corrected chi connectivity index (χ3v) is 3.63. The summed E-state index contributed by atoms with van der Waals surface area (Å²) in [5.74, 6) is 0.0111. The minimum Gasteiger partial charge on any atom is -0.376 e. The molecule has 1 aliphatic rings. The van der Waals surface area contributed by atoms with E-state index in [1.54, 1.807) is 12.4 Å². The first-order chi connectivity index (χ1) is 9.79. The fourth-order valence-corrected chi connectivity index (χ4v) is 2.49. The quantitative estimate of drug-likeness (QED) is 0.830. The van der Waals surface area contributed by atoms with Crippen molar-refractivity contribution in [2.24, 2.45) is 0 Å². The number of amides is 1. The van der Waals surface area contributed by atoms with Gasteiger partial charge in [0.1, 0.15) is 5.52 Å². The predicted molar refractivity (Wildman–Crippen MR) is 73.5 cm³/mol. The first-order valence-electron chi connectivity index (χ1n) is 6.99. The molecule has 0 N–H and O–H groups in total. The van der Waals surface area contributed by atoms with E-state index in [0.717, 1.165) is 31.5 Å². The van der Waals surface area contributed by atoms with Crippen LogP contribution >= 0.6 is 0 Å². The molecule has 0 aliphatic carbocycles. The number of rotatable bonds is 2. The van der Waals surface area contributed by atoms with Crippen LogP contribution < -0.4 is 0 Å². The average molecular weight is 274 g/mol. The van der Waals surface area contributed by atoms with Gasteiger partial charge in [0, 0.05) is 25.9 Å². The SMILES string of the molecule is CC[C@@H]1CN(C(=O)c2cnn3ncccc23)CCCO1. The number of carbonyl (C=O) groups is 1. The Morgan fingerprint density at radius 1 is 1.50 bits per heavy atom. The van der Waals surface area contributed by atoms with E-state index in [2.05, 4.69) is 17.1 Å². The van der Waals surface area contributed by atoms with E-state index < -0.39 is 0 Å². The minimum atomic E-state index is 0.0111. The lowest BCUT2D eigenvalue weighted by Crippen LogP contribution is -2.36. The largest absolute Gasteiger partial charge is 0.376 e. The van der Waals surface area contributed by atoms with Crippen molar-refractivity contribution in [1.29, 1.82) is 0 Å². The summed E-state index contributed by atoms with van der Waals surface area (Å²) in [7, 11) is 0. The number of hydrogen-bond acceptors (Lipinski definition) is 4. The van der Waals surface area contributed by atoms with Gasteiger partial charge in [0.2, 0.25) is 0 Å². The van der Waals surface area contributed by atoms with E-state index in [0.29, 0.717) is 12.1 Å². The van der Waals surface area contributed by atoms with Crippen LogP contribution in [0.15, 0.2) is 24.5 Å². The monoisotopic (exact) mass is 274 g/mol. The number of aromatic nitrogens is 3. The number of hydrogen-bond donors (Lipinski definition) is 0. The minimum absolute atomic E-state index is 0.0111. The summed E-state index contributed by atoms with van der Waals surface area (Å²) >= 11 is 0. The van der Waals surface area contributed by atoms with Crippen LogP contribution in [0.5, 0.6) is 0 Å². The molecule has 3 rings (SSSR count). The van der Waals surface area contributed by atoms with Gasteiger partial charge in [0.15, 0.2) is 0 Å². The van der Waals surface area contributed by atoms with Crippen molar-refractivity contribution in [2.75, 3.05) is 19.7 Å². The van der Waals surface area contributed by atoms with Gasteiger partial charge in [-0.15, -0.1) is 0 Å². The van der Waals surface area contributed by atoms with Gasteiger partial charge in [0.25, 0.3) is 5.91 Å². The molecule has 1 amide bonds. The van der Waals surface area contributed by atoms with Crippen molar-refractivity contribution in [3.05, 3.63) is 30.1 Å². The number of fused-ring (bicyclic) bond motifs is 1. The molecule has 0 aromatic carbocycles. The van der Waals surface area contributed by atoms with E-state index in [-0.39, 0.29) is 12.0 Å². The van der Waals surface area contributed by atoms with Crippen LogP contribution in [-0.2, 0) is 4.74 Å². The Bertz CT molecular complexity index is 610. The molecule has 2 aromatic heterocycles. The number of nitrogens with zero attached hydrogens (tertiary/aromatic N) is 4. The smallest absolute Gasteiger partial charge is 0.257 e. The van der Waals surface area contributed by atoms with Crippen LogP contribution in [0.2, 0.25) is 0 Å². The summed E-state index contributed by atoms with van der Waals surface area (Å²) in [6.07, 6.45) is 5.17. The Morgan fingerprint density at radius 2 is 2.40 bits per heavy atom. The second-order valence-corrected chi connectivity index (χ2v) is 4.96. The van der Waals surface area contributed by atoms with Gasteiger partial charge < -0.3 is 9.64 Å². The maximum Gasteiger partial charge on any atom is 0.257 e. The van der Waals surface area contributed by atoms with Crippen LogP contribution in [0.3, 0.4) is 0 Å². The van der Waals surface area contributed by atoms with E-state index in [4.69, 9.17) is 4.74 Å². The highest BCUT2D eigenvalue weighted by atomic mass is 16.5. The third kappa shape index (κ3) is 2.38. The van der Waals surface area contributed by atoms with E-state index in [9.17, 15) is 4.79 Å². The summed E-state index contributed by atoms with van der Waals surface area (Å²) in [6.45, 7) is 4.18. The molecule has 1 atom stereocenters. The van der Waals surface area contributed by atoms with Crippen LogP contribution in [0.4, 0.5) is 0 Å². The molecule has 2 aromatic rings. The molecule has 3 heterocycles. The fourth-order valence-electron chi connectivity index (χ4n) is 2.49. The Balaban J connectivity index is 1.87. The highest BCUT2D eigenvalue weighted by Crippen LogP contribution is 2.15. The van der Waals surface area contributed by atoms with Crippen molar-refractivity contribution in [3.8, 4) is 0 Å². The van der Waals surface area contributed by atoms with Crippen molar-refractivity contribution >= 4 is 11.4 Å². The van der Waals surface area contributed by atoms with Crippen LogP contribution in [0.1, 0.15) is 30.1 Å². The molecule has 0 spiro atoms. The van der Waals surface area contributed by atoms with Gasteiger partial charge in [0.05, 0.1) is 17.9 Å². The Labute approximate surface area is 117 Å². The summed E-state index contributed by atoms with van der Waals surface area (Å²) in [5.41, 5.74) is 1.35. The summed E-state index contributed by atoms with van der Waals surface area (Å²) in [5, 5.41) is 8.21. The Morgan fingerprint density at radius 3 is 3.25 bits per heavy atom. The van der Waals surface area contributed by atoms with Crippen LogP contribution in [0, 0.1) is 0 Å². The normalized spacial score (nSPS) is 20.1. The van der Waals surface area contributed by atoms with Gasteiger partial charge in [-0.05, 0) is 25.0 Å². The molecule has 1 aliphatic heterocycles. The molecule has 0 radical (unpaired) electrons. The lowest BCUT2D eigenvalue weighted by atomic mass is 10.2. The zero-order chi connectivity index (χ0) is 13.9. The van der Waals surface area contributed by atoms with E-state index in [1.807, 2.05) is 17.0 Å². The molecule has 1 fully saturated rings. The lowest BCUT2D eigenvalue weighted by Gasteiger charge is -2.22. The highest BCUT2D eigenvalue weighted by Gasteiger charge is 2.24. The summed E-state index contributed by atoms with van der Waals surface area (Å²) in [6, 6.07) is 3.67. The van der Waals surface area contributed by atoms with Gasteiger partial charge >= 0.3 is 0 Å². The molecular weight excluding hydrogens is 256 g/mol. The standard InChI is InChI=1S/C14H18N4O2/c1-2-11-10-17(7-4-8-20-11)14(19)12-9-16-18-13(12)5-3-6-15-18/h3,5-6,9,11H,2,4,7-8,10H2,1H3/t11-/m1/s1. The van der Waals surface area contributed by atoms with Crippen molar-refractivity contribution in [3.63, 3.8) is 0 Å². The van der Waals surface area contributed by atoms with Gasteiger partial charge in [-0.2, -0.15) is 14.8 Å². The van der Waals surface area contributed by atoms with Crippen LogP contribution in [0.25, 0.3) is 5.52 Å². The Hall–Kier alpha value is -1.95. The Kier molecular flexibility index (Phi) is 3.64. The molecule has 0 saturated carbocycles. The molecule has 106 valence electrons. The third-order valence-electron chi connectivity index (χ3n) is 3.63. The maximum absolute atomic E-state index is 12.7. The first kappa shape index (κ1) is 13.1. The molecule has 1 saturated heterocycles. The molecular formula is C14H18N4O2. The first-order valence-corrected chi connectivity index (χ1v) is 6.99. The van der Waals surface area contributed by atoms with Crippen molar-refractivity contribution in [2.45, 2.75) is 25.9 Å². The molecule has 6 nitrogen and oxygen atoms in total. The summed E-state index contributed by atoms with van der Waals surface area (Å²) < 4.78 is 7.20. The van der Waals surface area contributed by atoms with E-state index in [1.165, 1.54) is 4.63 Å². The van der Waals surface area contributed by atoms with Crippen molar-refractivity contribution < 1.29 is 9.53 Å². The fraction of sp³-hybridized carbons (Fsp3) is 0.500. The molecule has 0 unspecified atom stereocenters. The van der Waals surface area contributed by atoms with E-state index >= 15 is 0 Å². The number of carbonyl (C=O) groups excluding carboxylic acids is 1. The molecule has 0 bridgehead atoms. The second-order valence-electron chi connectivity index (χ2n) is 4.96. The van der Waals surface area contributed by atoms with Gasteiger partial charge in [-0.3, -0.25) is 4.79 Å². The lowest BCUT2D eigenvalue weighted by molar-refractivity contribution is 0.0461. The highest BCUT2D eigenvalue weighted by molar-refractivity contribution is 6.00. The predicted octanol–water partition coefficient (Wildman–Crippen LogP) is 1.37.